The van der Waals surface area contributed by atoms with Crippen molar-refractivity contribution in [3.8, 4) is 0 Å². The van der Waals surface area contributed by atoms with Gasteiger partial charge in [0, 0.05) is 19.7 Å². The van der Waals surface area contributed by atoms with E-state index in [-0.39, 0.29) is 21.7 Å². The minimum absolute atomic E-state index is 0.00855. The predicted octanol–water partition coefficient (Wildman–Crippen LogP) is 1.72. The van der Waals surface area contributed by atoms with Crippen LogP contribution in [0.25, 0.3) is 0 Å². The molecule has 106 valence electrons. The van der Waals surface area contributed by atoms with Crippen LogP contribution in [0.3, 0.4) is 0 Å². The van der Waals surface area contributed by atoms with Crippen LogP contribution in [0, 0.1) is 0 Å². The molecule has 1 aromatic carbocycles. The van der Waals surface area contributed by atoms with Gasteiger partial charge >= 0.3 is 0 Å². The number of benzene rings is 1. The summed E-state index contributed by atoms with van der Waals surface area (Å²) in [5.74, 6) is 0. The van der Waals surface area contributed by atoms with Crippen molar-refractivity contribution in [3.05, 3.63) is 23.2 Å². The van der Waals surface area contributed by atoms with Gasteiger partial charge in [-0.3, -0.25) is 0 Å². The van der Waals surface area contributed by atoms with Crippen LogP contribution in [0.4, 0.5) is 5.69 Å². The molecule has 2 N–H and O–H groups in total. The predicted molar refractivity (Wildman–Crippen MR) is 74.7 cm³/mol. The summed E-state index contributed by atoms with van der Waals surface area (Å²) in [7, 11) is -3.68. The molecule has 0 amide bonds. The first-order chi connectivity index (χ1) is 8.93. The molecule has 1 fully saturated rings. The SMILES string of the molecule is CC1CN(S(=O)(=O)c2c(N)cccc2Cl)CCCO1. The molecule has 7 heteroatoms. The number of hydrogen-bond donors (Lipinski definition) is 1. The first-order valence-corrected chi connectivity index (χ1v) is 7.90. The molecule has 0 saturated carbocycles. The quantitative estimate of drug-likeness (QED) is 0.844. The molecule has 1 aliphatic rings. The van der Waals surface area contributed by atoms with Gasteiger partial charge in [0.2, 0.25) is 10.0 Å². The van der Waals surface area contributed by atoms with Crippen molar-refractivity contribution >= 4 is 27.3 Å². The van der Waals surface area contributed by atoms with Crippen LogP contribution in [0.1, 0.15) is 13.3 Å². The molecule has 1 aromatic rings. The normalized spacial score (nSPS) is 22.1. The van der Waals surface area contributed by atoms with Crippen LogP contribution in [-0.4, -0.2) is 38.5 Å². The van der Waals surface area contributed by atoms with Crippen LogP contribution in [0.5, 0.6) is 0 Å². The Balaban J connectivity index is 2.41. The number of nitrogens with two attached hydrogens (primary N) is 1. The highest BCUT2D eigenvalue weighted by atomic mass is 35.5. The van der Waals surface area contributed by atoms with Crippen LogP contribution >= 0.6 is 11.6 Å². The number of sulfonamides is 1. The first kappa shape index (κ1) is 14.6. The summed E-state index contributed by atoms with van der Waals surface area (Å²) in [6.07, 6.45) is 0.523. The number of ether oxygens (including phenoxy) is 1. The number of rotatable bonds is 2. The molecule has 0 radical (unpaired) electrons. The zero-order valence-corrected chi connectivity index (χ0v) is 12.2. The second-order valence-corrected chi connectivity index (χ2v) is 6.84. The maximum absolute atomic E-state index is 12.6. The van der Waals surface area contributed by atoms with Gasteiger partial charge in [-0.25, -0.2) is 8.42 Å². The van der Waals surface area contributed by atoms with E-state index in [1.54, 1.807) is 6.07 Å². The molecule has 0 aromatic heterocycles. The van der Waals surface area contributed by atoms with Crippen LogP contribution in [0.2, 0.25) is 5.02 Å². The van der Waals surface area contributed by atoms with E-state index in [0.29, 0.717) is 26.1 Å². The number of halogens is 1. The third kappa shape index (κ3) is 3.02. The fourth-order valence-corrected chi connectivity index (χ4v) is 4.29. The van der Waals surface area contributed by atoms with E-state index in [2.05, 4.69) is 0 Å². The maximum Gasteiger partial charge on any atom is 0.246 e. The van der Waals surface area contributed by atoms with E-state index in [4.69, 9.17) is 22.1 Å². The van der Waals surface area contributed by atoms with Crippen LogP contribution in [0.15, 0.2) is 23.1 Å². The molecule has 0 bridgehead atoms. The smallest absolute Gasteiger partial charge is 0.246 e. The van der Waals surface area contributed by atoms with E-state index < -0.39 is 10.0 Å². The molecular formula is C12H17ClN2O3S. The van der Waals surface area contributed by atoms with Gasteiger partial charge in [-0.15, -0.1) is 0 Å². The van der Waals surface area contributed by atoms with Gasteiger partial charge in [0.05, 0.1) is 16.8 Å². The fourth-order valence-electron chi connectivity index (χ4n) is 2.10. The van der Waals surface area contributed by atoms with Gasteiger partial charge in [-0.2, -0.15) is 4.31 Å². The van der Waals surface area contributed by atoms with Crippen LogP contribution < -0.4 is 5.73 Å². The zero-order chi connectivity index (χ0) is 14.0. The number of nitrogens with zero attached hydrogens (tertiary/aromatic N) is 1. The molecule has 5 nitrogen and oxygen atoms in total. The van der Waals surface area contributed by atoms with Crippen LogP contribution in [-0.2, 0) is 14.8 Å². The summed E-state index contributed by atoms with van der Waals surface area (Å²) < 4.78 is 32.1. The third-order valence-corrected chi connectivity index (χ3v) is 5.42. The lowest BCUT2D eigenvalue weighted by Gasteiger charge is -2.23. The summed E-state index contributed by atoms with van der Waals surface area (Å²) in [5.41, 5.74) is 5.94. The first-order valence-electron chi connectivity index (χ1n) is 6.08. The average molecular weight is 305 g/mol. The Hall–Kier alpha value is -0.820. The van der Waals surface area contributed by atoms with Gasteiger partial charge in [0.25, 0.3) is 0 Å². The fraction of sp³-hybridized carbons (Fsp3) is 0.500. The molecule has 1 heterocycles. The summed E-state index contributed by atoms with van der Waals surface area (Å²) in [6, 6.07) is 4.70. The topological polar surface area (TPSA) is 72.6 Å². The van der Waals surface area contributed by atoms with Gasteiger partial charge in [0.1, 0.15) is 4.90 Å². The van der Waals surface area contributed by atoms with E-state index in [1.807, 2.05) is 6.92 Å². The number of anilines is 1. The van der Waals surface area contributed by atoms with E-state index in [0.717, 1.165) is 0 Å². The van der Waals surface area contributed by atoms with E-state index in [1.165, 1.54) is 16.4 Å². The third-order valence-electron chi connectivity index (χ3n) is 3.01. The van der Waals surface area contributed by atoms with Crippen molar-refractivity contribution in [2.24, 2.45) is 0 Å². The lowest BCUT2D eigenvalue weighted by atomic mass is 10.3. The Morgan fingerprint density at radius 2 is 2.21 bits per heavy atom. The molecule has 0 spiro atoms. The molecule has 19 heavy (non-hydrogen) atoms. The molecule has 1 aliphatic heterocycles. The second-order valence-electron chi connectivity index (χ2n) is 4.56. The van der Waals surface area contributed by atoms with Crippen molar-refractivity contribution in [2.45, 2.75) is 24.3 Å². The minimum Gasteiger partial charge on any atom is -0.398 e. The van der Waals surface area contributed by atoms with Gasteiger partial charge in [-0.1, -0.05) is 17.7 Å². The largest absolute Gasteiger partial charge is 0.398 e. The molecule has 2 rings (SSSR count). The van der Waals surface area contributed by atoms with Crippen molar-refractivity contribution in [1.82, 2.24) is 4.31 Å². The molecule has 1 atom stereocenters. The average Bonchev–Trinajstić information content (AvgIpc) is 2.53. The standard InChI is InChI=1S/C12H17ClN2O3S/c1-9-8-15(6-3-7-18-9)19(16,17)12-10(13)4-2-5-11(12)14/h2,4-5,9H,3,6-8,14H2,1H3. The summed E-state index contributed by atoms with van der Waals surface area (Å²) in [6.45, 7) is 3.14. The lowest BCUT2D eigenvalue weighted by Crippen LogP contribution is -2.36. The van der Waals surface area contributed by atoms with Gasteiger partial charge in [0.15, 0.2) is 0 Å². The maximum atomic E-state index is 12.6. The Morgan fingerprint density at radius 1 is 1.47 bits per heavy atom. The van der Waals surface area contributed by atoms with E-state index in [9.17, 15) is 8.42 Å². The minimum atomic E-state index is -3.68. The van der Waals surface area contributed by atoms with Gasteiger partial charge < -0.3 is 10.5 Å². The summed E-state index contributed by atoms with van der Waals surface area (Å²) in [5, 5.41) is 0.151. The Labute approximate surface area is 118 Å². The Morgan fingerprint density at radius 3 is 2.89 bits per heavy atom. The number of hydrogen-bond acceptors (Lipinski definition) is 4. The molecular weight excluding hydrogens is 288 g/mol. The Bertz CT molecular complexity index is 542. The second kappa shape index (κ2) is 5.66. The van der Waals surface area contributed by atoms with E-state index >= 15 is 0 Å². The Kier molecular flexibility index (Phi) is 4.35. The highest BCUT2D eigenvalue weighted by molar-refractivity contribution is 7.89. The molecule has 1 unspecified atom stereocenters. The highest BCUT2D eigenvalue weighted by Crippen LogP contribution is 2.30. The zero-order valence-electron chi connectivity index (χ0n) is 10.7. The van der Waals surface area contributed by atoms with Crippen molar-refractivity contribution in [3.63, 3.8) is 0 Å². The van der Waals surface area contributed by atoms with Crippen molar-refractivity contribution in [1.29, 1.82) is 0 Å². The molecule has 1 saturated heterocycles. The molecule has 0 aliphatic carbocycles. The summed E-state index contributed by atoms with van der Waals surface area (Å²) in [4.78, 5) is -0.00855. The highest BCUT2D eigenvalue weighted by Gasteiger charge is 2.31. The van der Waals surface area contributed by atoms with Crippen molar-refractivity contribution in [2.75, 3.05) is 25.4 Å². The van der Waals surface area contributed by atoms with Gasteiger partial charge in [-0.05, 0) is 25.5 Å². The number of nitrogen functional groups attached to an aromatic ring is 1. The summed E-state index contributed by atoms with van der Waals surface area (Å²) >= 11 is 5.99. The monoisotopic (exact) mass is 304 g/mol. The van der Waals surface area contributed by atoms with Crippen molar-refractivity contribution < 1.29 is 13.2 Å². The lowest BCUT2D eigenvalue weighted by molar-refractivity contribution is 0.0752.